The van der Waals surface area contributed by atoms with Crippen LogP contribution in [0.2, 0.25) is 5.02 Å². The Morgan fingerprint density at radius 2 is 2.14 bits per heavy atom. The number of carbonyl (C=O) groups is 1. The van der Waals surface area contributed by atoms with Gasteiger partial charge in [0, 0.05) is 16.8 Å². The molecule has 28 heavy (non-hydrogen) atoms. The number of nitrogens with zero attached hydrogens (tertiary/aromatic N) is 5. The van der Waals surface area contributed by atoms with Crippen molar-refractivity contribution in [2.75, 3.05) is 5.32 Å². The van der Waals surface area contributed by atoms with Crippen LogP contribution in [0.5, 0.6) is 0 Å². The molecule has 1 atom stereocenters. The molecule has 9 nitrogen and oxygen atoms in total. The molecule has 0 saturated heterocycles. The monoisotopic (exact) mass is 402 g/mol. The van der Waals surface area contributed by atoms with Gasteiger partial charge < -0.3 is 5.32 Å². The van der Waals surface area contributed by atoms with Gasteiger partial charge in [0.05, 0.1) is 11.5 Å². The summed E-state index contributed by atoms with van der Waals surface area (Å²) in [4.78, 5) is 22.9. The second kappa shape index (κ2) is 8.22. The Bertz CT molecular complexity index is 1010. The molecule has 2 heterocycles. The first-order chi connectivity index (χ1) is 13.4. The Morgan fingerprint density at radius 1 is 1.39 bits per heavy atom. The minimum absolute atomic E-state index is 0.161. The Kier molecular flexibility index (Phi) is 5.74. The molecule has 0 aliphatic rings. The van der Waals surface area contributed by atoms with E-state index in [2.05, 4.69) is 15.5 Å². The van der Waals surface area contributed by atoms with Crippen molar-refractivity contribution in [3.63, 3.8) is 0 Å². The van der Waals surface area contributed by atoms with E-state index in [1.54, 1.807) is 17.7 Å². The van der Waals surface area contributed by atoms with Crippen LogP contribution in [0.3, 0.4) is 0 Å². The van der Waals surface area contributed by atoms with Gasteiger partial charge in [-0.3, -0.25) is 24.3 Å². The van der Waals surface area contributed by atoms with Gasteiger partial charge in [0.25, 0.3) is 0 Å². The average molecular weight is 403 g/mol. The number of aryl methyl sites for hydroxylation is 1. The van der Waals surface area contributed by atoms with Crippen LogP contribution in [0.25, 0.3) is 0 Å². The molecule has 0 bridgehead atoms. The number of hydrogen-bond donors (Lipinski definition) is 1. The first-order valence-electron chi connectivity index (χ1n) is 8.66. The lowest BCUT2D eigenvalue weighted by Crippen LogP contribution is -2.26. The number of amides is 1. The van der Waals surface area contributed by atoms with E-state index >= 15 is 0 Å². The Morgan fingerprint density at radius 3 is 2.79 bits per heavy atom. The predicted octanol–water partition coefficient (Wildman–Crippen LogP) is 3.59. The molecule has 0 fully saturated rings. The smallest absolute Gasteiger partial charge is 0.307 e. The predicted molar refractivity (Wildman–Crippen MR) is 104 cm³/mol. The van der Waals surface area contributed by atoms with Crippen molar-refractivity contribution in [2.45, 2.75) is 32.9 Å². The van der Waals surface area contributed by atoms with E-state index in [0.717, 1.165) is 17.5 Å². The third kappa shape index (κ3) is 4.20. The second-order valence-corrected chi connectivity index (χ2v) is 6.68. The molecule has 0 radical (unpaired) electrons. The summed E-state index contributed by atoms with van der Waals surface area (Å²) in [5.41, 5.74) is 1.62. The van der Waals surface area contributed by atoms with Gasteiger partial charge in [0.2, 0.25) is 5.91 Å². The molecule has 2 aromatic heterocycles. The summed E-state index contributed by atoms with van der Waals surface area (Å²) in [6.07, 6.45) is 2.79. The lowest BCUT2D eigenvalue weighted by atomic mass is 10.2. The molecule has 0 saturated carbocycles. The molecule has 0 aliphatic carbocycles. The molecule has 1 amide bonds. The maximum atomic E-state index is 12.6. The van der Waals surface area contributed by atoms with Crippen molar-refractivity contribution < 1.29 is 9.72 Å². The van der Waals surface area contributed by atoms with Gasteiger partial charge in [0.15, 0.2) is 5.82 Å². The third-order valence-corrected chi connectivity index (χ3v) is 4.69. The minimum Gasteiger partial charge on any atom is -0.307 e. The van der Waals surface area contributed by atoms with E-state index < -0.39 is 11.0 Å². The van der Waals surface area contributed by atoms with E-state index in [0.29, 0.717) is 23.8 Å². The molecule has 0 aliphatic heterocycles. The summed E-state index contributed by atoms with van der Waals surface area (Å²) < 4.78 is 3.04. The molecule has 3 rings (SSSR count). The van der Waals surface area contributed by atoms with Gasteiger partial charge in [-0.25, -0.2) is 0 Å². The summed E-state index contributed by atoms with van der Waals surface area (Å²) >= 11 is 6.20. The quantitative estimate of drug-likeness (QED) is 0.480. The number of anilines is 1. The van der Waals surface area contributed by atoms with Gasteiger partial charge in [0.1, 0.15) is 18.4 Å². The number of carbonyl (C=O) groups excluding carboxylic acids is 1. The lowest BCUT2D eigenvalue weighted by molar-refractivity contribution is -0.385. The van der Waals surface area contributed by atoms with Crippen molar-refractivity contribution in [3.05, 3.63) is 69.1 Å². The van der Waals surface area contributed by atoms with Crippen LogP contribution in [0.15, 0.2) is 42.7 Å². The fourth-order valence-electron chi connectivity index (χ4n) is 2.81. The summed E-state index contributed by atoms with van der Waals surface area (Å²) in [6, 6.07) is 8.57. The highest BCUT2D eigenvalue weighted by atomic mass is 35.5. The molecule has 1 unspecified atom stereocenters. The van der Waals surface area contributed by atoms with Crippen molar-refractivity contribution >= 4 is 29.0 Å². The van der Waals surface area contributed by atoms with E-state index in [4.69, 9.17) is 11.6 Å². The summed E-state index contributed by atoms with van der Waals surface area (Å²) in [6.45, 7) is 4.16. The average Bonchev–Trinajstić information content (AvgIpc) is 3.25. The summed E-state index contributed by atoms with van der Waals surface area (Å²) in [7, 11) is 0. The normalized spacial score (nSPS) is 12.0. The number of halogens is 1. The van der Waals surface area contributed by atoms with Crippen LogP contribution >= 0.6 is 11.6 Å². The summed E-state index contributed by atoms with van der Waals surface area (Å²) in [5.74, 6) is 0.0533. The highest BCUT2D eigenvalue weighted by Gasteiger charge is 2.23. The maximum Gasteiger partial charge on any atom is 0.307 e. The molecule has 1 N–H and O–H groups in total. The van der Waals surface area contributed by atoms with Crippen molar-refractivity contribution in [2.24, 2.45) is 0 Å². The maximum absolute atomic E-state index is 12.6. The van der Waals surface area contributed by atoms with E-state index in [1.165, 1.54) is 10.9 Å². The highest BCUT2D eigenvalue weighted by molar-refractivity contribution is 6.31. The Labute approximate surface area is 166 Å². The zero-order valence-electron chi connectivity index (χ0n) is 15.4. The van der Waals surface area contributed by atoms with Gasteiger partial charge in [-0.2, -0.15) is 10.2 Å². The van der Waals surface area contributed by atoms with Crippen molar-refractivity contribution in [3.8, 4) is 0 Å². The van der Waals surface area contributed by atoms with Crippen LogP contribution in [0.1, 0.15) is 30.6 Å². The van der Waals surface area contributed by atoms with Gasteiger partial charge in [-0.15, -0.1) is 0 Å². The Balaban J connectivity index is 1.74. The third-order valence-electron chi connectivity index (χ3n) is 4.32. The summed E-state index contributed by atoms with van der Waals surface area (Å²) in [5, 5.41) is 22.6. The molecule has 10 heteroatoms. The molecular formula is C18H19ClN6O3. The minimum atomic E-state index is -0.678. The van der Waals surface area contributed by atoms with Crippen molar-refractivity contribution in [1.82, 2.24) is 19.6 Å². The van der Waals surface area contributed by atoms with E-state index in [1.807, 2.05) is 31.2 Å². The van der Waals surface area contributed by atoms with Gasteiger partial charge in [-0.05, 0) is 25.0 Å². The number of nitro groups is 1. The van der Waals surface area contributed by atoms with Crippen molar-refractivity contribution in [1.29, 1.82) is 0 Å². The molecule has 146 valence electrons. The van der Waals surface area contributed by atoms with Crippen LogP contribution in [0.4, 0.5) is 11.5 Å². The SMILES string of the molecule is CCC(C(=O)Nc1cc(C)n(Cc2ccccc2Cl)n1)n1cc([N+](=O)[O-])cn1. The number of nitrogens with one attached hydrogen (secondary N) is 1. The molecule has 1 aromatic carbocycles. The topological polar surface area (TPSA) is 108 Å². The fourth-order valence-corrected chi connectivity index (χ4v) is 3.01. The number of hydrogen-bond acceptors (Lipinski definition) is 5. The van der Waals surface area contributed by atoms with Crippen LogP contribution in [-0.2, 0) is 11.3 Å². The largest absolute Gasteiger partial charge is 0.307 e. The van der Waals surface area contributed by atoms with E-state index in [-0.39, 0.29) is 11.6 Å². The fraction of sp³-hybridized carbons (Fsp3) is 0.278. The standard InChI is InChI=1S/C18H19ClN6O3/c1-3-16(24-11-14(9-20-24)25(27)28)18(26)21-17-8-12(2)23(22-17)10-13-6-4-5-7-15(13)19/h4-9,11,16H,3,10H2,1-2H3,(H,21,22,26). The zero-order chi connectivity index (χ0) is 20.3. The zero-order valence-corrected chi connectivity index (χ0v) is 16.1. The molecule has 0 spiro atoms. The van der Waals surface area contributed by atoms with Gasteiger partial charge >= 0.3 is 5.69 Å². The number of benzene rings is 1. The Hall–Kier alpha value is -3.20. The van der Waals surface area contributed by atoms with E-state index in [9.17, 15) is 14.9 Å². The molecular weight excluding hydrogens is 384 g/mol. The van der Waals surface area contributed by atoms with Crippen LogP contribution in [0, 0.1) is 17.0 Å². The number of aromatic nitrogens is 4. The number of rotatable bonds is 7. The first kappa shape index (κ1) is 19.6. The van der Waals surface area contributed by atoms with Gasteiger partial charge in [-0.1, -0.05) is 36.7 Å². The van der Waals surface area contributed by atoms with Crippen LogP contribution in [-0.4, -0.2) is 30.4 Å². The first-order valence-corrected chi connectivity index (χ1v) is 9.04. The lowest BCUT2D eigenvalue weighted by Gasteiger charge is -2.14. The highest BCUT2D eigenvalue weighted by Crippen LogP contribution is 2.20. The second-order valence-electron chi connectivity index (χ2n) is 6.27. The van der Waals surface area contributed by atoms with Crippen LogP contribution < -0.4 is 5.32 Å². The molecule has 3 aromatic rings.